The van der Waals surface area contributed by atoms with Crippen LogP contribution in [0, 0.1) is 0 Å². The van der Waals surface area contributed by atoms with Gasteiger partial charge in [0.1, 0.15) is 5.75 Å². The molecule has 2 atom stereocenters. The van der Waals surface area contributed by atoms with Gasteiger partial charge in [0.05, 0.1) is 31.9 Å². The van der Waals surface area contributed by atoms with Crippen LogP contribution in [0.4, 0.5) is 0 Å². The van der Waals surface area contributed by atoms with Gasteiger partial charge in [-0.25, -0.2) is 4.79 Å². The highest BCUT2D eigenvalue weighted by Crippen LogP contribution is 2.28. The summed E-state index contributed by atoms with van der Waals surface area (Å²) in [6.45, 7) is 3.12. The molecule has 3 aromatic rings. The van der Waals surface area contributed by atoms with E-state index in [1.54, 1.807) is 19.2 Å². The molecule has 1 aliphatic rings. The van der Waals surface area contributed by atoms with Crippen LogP contribution in [0.5, 0.6) is 5.75 Å². The van der Waals surface area contributed by atoms with Crippen LogP contribution in [0.2, 0.25) is 0 Å². The van der Waals surface area contributed by atoms with Crippen molar-refractivity contribution in [3.63, 3.8) is 0 Å². The van der Waals surface area contributed by atoms with Crippen LogP contribution in [-0.4, -0.2) is 37.0 Å². The zero-order chi connectivity index (χ0) is 24.1. The third-order valence-electron chi connectivity index (χ3n) is 6.43. The molecule has 34 heavy (non-hydrogen) atoms. The lowest BCUT2D eigenvalue weighted by Crippen LogP contribution is -2.49. The van der Waals surface area contributed by atoms with Crippen LogP contribution in [0.1, 0.15) is 45.6 Å². The molecule has 0 saturated carbocycles. The number of rotatable bonds is 7. The quantitative estimate of drug-likeness (QED) is 0.535. The van der Waals surface area contributed by atoms with E-state index in [1.807, 2.05) is 60.4 Å². The van der Waals surface area contributed by atoms with Gasteiger partial charge in [-0.3, -0.25) is 4.79 Å². The number of nitrogens with one attached hydrogen (secondary N) is 1. The van der Waals surface area contributed by atoms with Crippen LogP contribution in [0.3, 0.4) is 0 Å². The molecule has 1 N–H and O–H groups in total. The number of benzene rings is 3. The second kappa shape index (κ2) is 10.5. The monoisotopic (exact) mass is 458 g/mol. The minimum atomic E-state index is -0.380. The Hall–Kier alpha value is -3.64. The fraction of sp³-hybridized carbons (Fsp3) is 0.286. The van der Waals surface area contributed by atoms with Crippen molar-refractivity contribution >= 4 is 11.9 Å². The van der Waals surface area contributed by atoms with E-state index in [0.717, 1.165) is 16.9 Å². The largest absolute Gasteiger partial charge is 0.497 e. The number of amides is 1. The summed E-state index contributed by atoms with van der Waals surface area (Å²) >= 11 is 0. The summed E-state index contributed by atoms with van der Waals surface area (Å²) in [5, 5.41) is 3.42. The zero-order valence-electron chi connectivity index (χ0n) is 19.8. The van der Waals surface area contributed by atoms with Crippen molar-refractivity contribution in [2.75, 3.05) is 14.2 Å². The van der Waals surface area contributed by atoms with Crippen molar-refractivity contribution < 1.29 is 19.1 Å². The summed E-state index contributed by atoms with van der Waals surface area (Å²) in [6, 6.07) is 22.8. The Kier molecular flexibility index (Phi) is 7.28. The van der Waals surface area contributed by atoms with Crippen molar-refractivity contribution in [2.45, 2.75) is 38.5 Å². The number of carbonyl (C=O) groups is 2. The van der Waals surface area contributed by atoms with Crippen molar-refractivity contribution in [3.05, 3.63) is 101 Å². The molecule has 4 rings (SSSR count). The molecule has 0 radical (unpaired) electrons. The minimum Gasteiger partial charge on any atom is -0.497 e. The van der Waals surface area contributed by atoms with E-state index in [0.29, 0.717) is 25.1 Å². The van der Waals surface area contributed by atoms with Crippen molar-refractivity contribution in [1.82, 2.24) is 10.2 Å². The number of methoxy groups -OCH3 is 2. The molecule has 0 aliphatic carbocycles. The lowest BCUT2D eigenvalue weighted by molar-refractivity contribution is -0.136. The smallest absolute Gasteiger partial charge is 0.337 e. The van der Waals surface area contributed by atoms with Gasteiger partial charge in [-0.05, 0) is 59.9 Å². The third kappa shape index (κ3) is 5.13. The summed E-state index contributed by atoms with van der Waals surface area (Å²) in [7, 11) is 3.00. The van der Waals surface area contributed by atoms with Crippen molar-refractivity contribution in [1.29, 1.82) is 0 Å². The maximum atomic E-state index is 13.9. The number of esters is 1. The molecule has 0 aromatic heterocycles. The zero-order valence-corrected chi connectivity index (χ0v) is 19.8. The fourth-order valence-corrected chi connectivity index (χ4v) is 4.38. The van der Waals surface area contributed by atoms with Gasteiger partial charge < -0.3 is 19.7 Å². The number of fused-ring (bicyclic) bond motifs is 1. The van der Waals surface area contributed by atoms with Gasteiger partial charge in [0.25, 0.3) is 0 Å². The molecule has 176 valence electrons. The molecule has 1 amide bonds. The van der Waals surface area contributed by atoms with E-state index in [1.165, 1.54) is 18.2 Å². The Morgan fingerprint density at radius 2 is 1.74 bits per heavy atom. The molecule has 2 unspecified atom stereocenters. The Morgan fingerprint density at radius 1 is 1.00 bits per heavy atom. The van der Waals surface area contributed by atoms with Crippen molar-refractivity contribution in [3.8, 4) is 5.75 Å². The van der Waals surface area contributed by atoms with Crippen molar-refractivity contribution in [2.24, 2.45) is 0 Å². The second-order valence-electron chi connectivity index (χ2n) is 8.51. The highest BCUT2D eigenvalue weighted by Gasteiger charge is 2.31. The lowest BCUT2D eigenvalue weighted by Gasteiger charge is -2.35. The van der Waals surface area contributed by atoms with Gasteiger partial charge in [-0.2, -0.15) is 0 Å². The maximum absolute atomic E-state index is 13.9. The SMILES string of the molecule is COC(=O)c1ccc(CN(C(=O)C2Cc3ccccc3CN2)C(C)c2cccc(OC)c2)cc1. The standard InChI is InChI=1S/C28H30N2O4/c1-19(22-9-6-10-25(15-22)33-2)30(18-20-11-13-21(14-12-20)28(32)34-3)27(31)26-16-23-7-4-5-8-24(23)17-29-26/h4-15,19,26,29H,16-18H2,1-3H3. The van der Waals surface area contributed by atoms with Crippen LogP contribution in [0.15, 0.2) is 72.8 Å². The predicted octanol–water partition coefficient (Wildman–Crippen LogP) is 4.29. The van der Waals surface area contributed by atoms with Gasteiger partial charge in [-0.15, -0.1) is 0 Å². The van der Waals surface area contributed by atoms with Gasteiger partial charge in [0, 0.05) is 13.1 Å². The molecule has 0 fully saturated rings. The van der Waals surface area contributed by atoms with E-state index < -0.39 is 0 Å². The molecular formula is C28H30N2O4. The minimum absolute atomic E-state index is 0.0434. The molecule has 1 aliphatic heterocycles. The highest BCUT2D eigenvalue weighted by molar-refractivity contribution is 5.89. The maximum Gasteiger partial charge on any atom is 0.337 e. The average Bonchev–Trinajstić information content (AvgIpc) is 2.90. The van der Waals surface area contributed by atoms with Gasteiger partial charge >= 0.3 is 5.97 Å². The number of nitrogens with zero attached hydrogens (tertiary/aromatic N) is 1. The van der Waals surface area contributed by atoms with Gasteiger partial charge in [0.2, 0.25) is 5.91 Å². The highest BCUT2D eigenvalue weighted by atomic mass is 16.5. The van der Waals surface area contributed by atoms with Crippen LogP contribution >= 0.6 is 0 Å². The average molecular weight is 459 g/mol. The topological polar surface area (TPSA) is 67.9 Å². The molecule has 0 bridgehead atoms. The van der Waals surface area contributed by atoms with Gasteiger partial charge in [-0.1, -0.05) is 48.5 Å². The summed E-state index contributed by atoms with van der Waals surface area (Å²) in [5.74, 6) is 0.417. The lowest BCUT2D eigenvalue weighted by atomic mass is 9.94. The number of hydrogen-bond acceptors (Lipinski definition) is 5. The van der Waals surface area contributed by atoms with E-state index in [-0.39, 0.29) is 24.0 Å². The molecule has 6 nitrogen and oxygen atoms in total. The normalized spacial score (nSPS) is 15.7. The van der Waals surface area contributed by atoms with E-state index in [4.69, 9.17) is 9.47 Å². The van der Waals surface area contributed by atoms with E-state index in [2.05, 4.69) is 17.4 Å². The fourth-order valence-electron chi connectivity index (χ4n) is 4.38. The molecule has 3 aromatic carbocycles. The summed E-state index contributed by atoms with van der Waals surface area (Å²) in [4.78, 5) is 27.6. The third-order valence-corrected chi connectivity index (χ3v) is 6.43. The molecular weight excluding hydrogens is 428 g/mol. The first-order chi connectivity index (χ1) is 16.5. The summed E-state index contributed by atoms with van der Waals surface area (Å²) in [5.41, 5.74) is 4.85. The van der Waals surface area contributed by atoms with Crippen LogP contribution < -0.4 is 10.1 Å². The predicted molar refractivity (Wildman–Crippen MR) is 131 cm³/mol. The van der Waals surface area contributed by atoms with E-state index in [9.17, 15) is 9.59 Å². The molecule has 6 heteroatoms. The van der Waals surface area contributed by atoms with Crippen LogP contribution in [-0.2, 0) is 29.0 Å². The van der Waals surface area contributed by atoms with Crippen LogP contribution in [0.25, 0.3) is 0 Å². The Balaban J connectivity index is 1.62. The van der Waals surface area contributed by atoms with E-state index >= 15 is 0 Å². The number of hydrogen-bond donors (Lipinski definition) is 1. The Labute approximate surface area is 200 Å². The molecule has 1 heterocycles. The Morgan fingerprint density at radius 3 is 2.44 bits per heavy atom. The number of ether oxygens (including phenoxy) is 2. The molecule has 0 spiro atoms. The second-order valence-corrected chi connectivity index (χ2v) is 8.51. The summed E-state index contributed by atoms with van der Waals surface area (Å²) < 4.78 is 10.2. The Bertz CT molecular complexity index is 1160. The first-order valence-corrected chi connectivity index (χ1v) is 11.4. The number of carbonyl (C=O) groups excluding carboxylic acids is 2. The molecule has 0 saturated heterocycles. The first kappa shape index (κ1) is 23.5. The summed E-state index contributed by atoms with van der Waals surface area (Å²) in [6.07, 6.45) is 0.650. The first-order valence-electron chi connectivity index (χ1n) is 11.4. The van der Waals surface area contributed by atoms with Gasteiger partial charge in [0.15, 0.2) is 0 Å².